The Morgan fingerprint density at radius 2 is 1.19 bits per heavy atom. The zero-order valence-corrected chi connectivity index (χ0v) is 22.4. The standard InChI is InChI=1S/C19H20N2Si.C14H13B/c1-2-15-22(17-21-14-13-20-16-21,18-9-5-3-6-10-18)19-11-7-4-8-12-19;1-2-15(13-9-5-3-6-10-13)14-11-7-4-8-12-14/h2-16H,17H2,1H3;2-12H,1H2. The summed E-state index contributed by atoms with van der Waals surface area (Å²) in [5.41, 5.74) is 5.01. The molecule has 37 heavy (non-hydrogen) atoms. The Kier molecular flexibility index (Phi) is 9.28. The van der Waals surface area contributed by atoms with Crippen LogP contribution in [-0.4, -0.2) is 24.3 Å². The predicted octanol–water partition coefficient (Wildman–Crippen LogP) is 4.82. The van der Waals surface area contributed by atoms with Gasteiger partial charge in [0.2, 0.25) is 6.71 Å². The van der Waals surface area contributed by atoms with Gasteiger partial charge in [-0.05, 0) is 17.3 Å². The van der Waals surface area contributed by atoms with Crippen molar-refractivity contribution in [2.24, 2.45) is 0 Å². The third-order valence-corrected chi connectivity index (χ3v) is 11.1. The fraction of sp³-hybridized carbons (Fsp3) is 0.0606. The third kappa shape index (κ3) is 6.55. The van der Waals surface area contributed by atoms with Gasteiger partial charge in [0.25, 0.3) is 0 Å². The molecular weight excluding hydrogens is 463 g/mol. The van der Waals surface area contributed by atoms with E-state index in [9.17, 15) is 0 Å². The third-order valence-electron chi connectivity index (χ3n) is 6.57. The molecule has 0 amide bonds. The quantitative estimate of drug-likeness (QED) is 0.282. The molecule has 0 aliphatic heterocycles. The molecule has 0 N–H and O–H groups in total. The van der Waals surface area contributed by atoms with Crippen LogP contribution in [0.1, 0.15) is 6.92 Å². The van der Waals surface area contributed by atoms with Crippen LogP contribution in [0.25, 0.3) is 0 Å². The minimum atomic E-state index is -2.01. The number of allylic oxidation sites excluding steroid dienone is 1. The van der Waals surface area contributed by atoms with Crippen LogP contribution in [0.5, 0.6) is 0 Å². The van der Waals surface area contributed by atoms with E-state index in [0.29, 0.717) is 6.71 Å². The second-order valence-corrected chi connectivity index (χ2v) is 12.7. The van der Waals surface area contributed by atoms with Gasteiger partial charge in [-0.15, -0.1) is 12.6 Å². The maximum Gasteiger partial charge on any atom is 0.233 e. The summed E-state index contributed by atoms with van der Waals surface area (Å²) in [7, 11) is -2.01. The first-order chi connectivity index (χ1) is 18.3. The molecule has 0 spiro atoms. The Morgan fingerprint density at radius 3 is 1.57 bits per heavy atom. The van der Waals surface area contributed by atoms with Gasteiger partial charge >= 0.3 is 0 Å². The molecule has 0 saturated heterocycles. The van der Waals surface area contributed by atoms with Crippen LogP contribution in [0.2, 0.25) is 0 Å². The van der Waals surface area contributed by atoms with Crippen molar-refractivity contribution in [2.75, 3.05) is 0 Å². The zero-order chi connectivity index (χ0) is 25.8. The van der Waals surface area contributed by atoms with Crippen molar-refractivity contribution in [1.29, 1.82) is 0 Å². The number of hydrogen-bond donors (Lipinski definition) is 0. The number of nitrogens with zero attached hydrogens (tertiary/aromatic N) is 2. The van der Waals surface area contributed by atoms with Crippen molar-refractivity contribution in [1.82, 2.24) is 9.55 Å². The molecule has 1 heterocycles. The molecule has 4 aromatic carbocycles. The van der Waals surface area contributed by atoms with Crippen LogP contribution in [0, 0.1) is 0 Å². The maximum absolute atomic E-state index is 4.21. The summed E-state index contributed by atoms with van der Waals surface area (Å²) < 4.78 is 2.20. The SMILES string of the molecule is C=CB(c1ccccc1)c1ccccc1.CC=C[Si](Cn1ccnc1)(c1ccccc1)c1ccccc1. The lowest BCUT2D eigenvalue weighted by Gasteiger charge is -2.30. The van der Waals surface area contributed by atoms with E-state index >= 15 is 0 Å². The van der Waals surface area contributed by atoms with Crippen molar-refractivity contribution >= 4 is 36.1 Å². The Morgan fingerprint density at radius 1 is 0.730 bits per heavy atom. The van der Waals surface area contributed by atoms with Crippen molar-refractivity contribution in [3.8, 4) is 0 Å². The monoisotopic (exact) mass is 496 g/mol. The van der Waals surface area contributed by atoms with Crippen LogP contribution in [0.4, 0.5) is 0 Å². The van der Waals surface area contributed by atoms with Gasteiger partial charge in [-0.2, -0.15) is 0 Å². The smallest absolute Gasteiger partial charge is 0.233 e. The largest absolute Gasteiger partial charge is 0.339 e. The summed E-state index contributed by atoms with van der Waals surface area (Å²) in [5, 5.41) is 2.85. The molecule has 5 rings (SSSR count). The Labute approximate surface area is 222 Å². The minimum Gasteiger partial charge on any atom is -0.339 e. The first kappa shape index (κ1) is 25.9. The highest BCUT2D eigenvalue weighted by Crippen LogP contribution is 2.11. The van der Waals surface area contributed by atoms with E-state index < -0.39 is 8.07 Å². The summed E-state index contributed by atoms with van der Waals surface area (Å²) in [4.78, 5) is 4.21. The van der Waals surface area contributed by atoms with Crippen LogP contribution in [0.3, 0.4) is 0 Å². The molecule has 2 nitrogen and oxygen atoms in total. The van der Waals surface area contributed by atoms with E-state index in [-0.39, 0.29) is 0 Å². The van der Waals surface area contributed by atoms with Gasteiger partial charge in [0.15, 0.2) is 8.07 Å². The lowest BCUT2D eigenvalue weighted by atomic mass is 9.41. The first-order valence-electron chi connectivity index (χ1n) is 12.7. The normalized spacial score (nSPS) is 10.9. The summed E-state index contributed by atoms with van der Waals surface area (Å²) in [5.74, 6) is 1.99. The van der Waals surface area contributed by atoms with E-state index in [1.54, 1.807) is 0 Å². The van der Waals surface area contributed by atoms with Crippen LogP contribution >= 0.6 is 0 Å². The zero-order valence-electron chi connectivity index (χ0n) is 21.4. The summed E-state index contributed by atoms with van der Waals surface area (Å²) >= 11 is 0. The van der Waals surface area contributed by atoms with Gasteiger partial charge < -0.3 is 4.57 Å². The highest BCUT2D eigenvalue weighted by molar-refractivity contribution is 7.05. The molecule has 0 fully saturated rings. The summed E-state index contributed by atoms with van der Waals surface area (Å²) in [6, 6.07) is 42.6. The van der Waals surface area contributed by atoms with Crippen LogP contribution in [-0.2, 0) is 6.17 Å². The molecular formula is C33H33BN2Si. The minimum absolute atomic E-state index is 0.299. The van der Waals surface area contributed by atoms with Gasteiger partial charge in [0.1, 0.15) is 0 Å². The summed E-state index contributed by atoms with van der Waals surface area (Å²) in [6.45, 7) is 6.32. The number of imidazole rings is 1. The fourth-order valence-electron chi connectivity index (χ4n) is 4.80. The Bertz CT molecular complexity index is 1270. The Balaban J connectivity index is 0.000000186. The number of benzene rings is 4. The average Bonchev–Trinajstić information content (AvgIpc) is 3.49. The van der Waals surface area contributed by atoms with Crippen molar-refractivity contribution in [3.63, 3.8) is 0 Å². The first-order valence-corrected chi connectivity index (χ1v) is 15.0. The lowest BCUT2D eigenvalue weighted by molar-refractivity contribution is 0.861. The van der Waals surface area contributed by atoms with Crippen molar-refractivity contribution in [3.05, 3.63) is 164 Å². The van der Waals surface area contributed by atoms with E-state index in [2.05, 4.69) is 150 Å². The van der Waals surface area contributed by atoms with Crippen molar-refractivity contribution in [2.45, 2.75) is 13.1 Å². The van der Waals surface area contributed by atoms with Crippen LogP contribution < -0.4 is 21.3 Å². The van der Waals surface area contributed by atoms with E-state index in [1.807, 2.05) is 30.6 Å². The summed E-state index contributed by atoms with van der Waals surface area (Å²) in [6.07, 6.45) is 8.98. The highest BCUT2D eigenvalue weighted by Gasteiger charge is 2.34. The maximum atomic E-state index is 4.21. The van der Waals surface area contributed by atoms with Gasteiger partial charge in [-0.1, -0.05) is 144 Å². The van der Waals surface area contributed by atoms with E-state index in [0.717, 1.165) is 6.17 Å². The van der Waals surface area contributed by atoms with Crippen molar-refractivity contribution < 1.29 is 0 Å². The molecule has 4 heteroatoms. The van der Waals surface area contributed by atoms with Gasteiger partial charge in [0, 0.05) is 18.6 Å². The predicted molar refractivity (Wildman–Crippen MR) is 163 cm³/mol. The molecule has 0 aliphatic carbocycles. The van der Waals surface area contributed by atoms with Crippen LogP contribution in [0.15, 0.2) is 164 Å². The molecule has 0 unspecified atom stereocenters. The molecule has 0 aliphatic rings. The molecule has 0 saturated carbocycles. The molecule has 1 aromatic heterocycles. The second kappa shape index (κ2) is 13.2. The number of hydrogen-bond acceptors (Lipinski definition) is 1. The highest BCUT2D eigenvalue weighted by atomic mass is 28.3. The van der Waals surface area contributed by atoms with Gasteiger partial charge in [-0.3, -0.25) is 0 Å². The van der Waals surface area contributed by atoms with Gasteiger partial charge in [0.05, 0.1) is 6.33 Å². The van der Waals surface area contributed by atoms with Gasteiger partial charge in [-0.25, -0.2) is 4.98 Å². The topological polar surface area (TPSA) is 17.8 Å². The average molecular weight is 497 g/mol. The molecule has 5 aromatic rings. The molecule has 0 atom stereocenters. The lowest BCUT2D eigenvalue weighted by Crippen LogP contribution is -2.60. The molecule has 0 bridgehead atoms. The second-order valence-electron chi connectivity index (χ2n) is 8.97. The van der Waals surface area contributed by atoms with E-state index in [1.165, 1.54) is 21.3 Å². The Hall–Kier alpha value is -4.15. The fourth-order valence-corrected chi connectivity index (χ4v) is 8.90. The molecule has 182 valence electrons. The molecule has 0 radical (unpaired) electrons. The number of rotatable bonds is 8. The number of aromatic nitrogens is 2. The van der Waals surface area contributed by atoms with E-state index in [4.69, 9.17) is 0 Å².